The second kappa shape index (κ2) is 7.12. The van der Waals surface area contributed by atoms with Crippen LogP contribution in [0.1, 0.15) is 17.2 Å². The van der Waals surface area contributed by atoms with Gasteiger partial charge in [0.1, 0.15) is 0 Å². The van der Waals surface area contributed by atoms with Gasteiger partial charge in [-0.3, -0.25) is 11.3 Å². The van der Waals surface area contributed by atoms with E-state index < -0.39 is 0 Å². The molecule has 0 radical (unpaired) electrons. The zero-order valence-corrected chi connectivity index (χ0v) is 14.2. The third-order valence-electron chi connectivity index (χ3n) is 2.92. The van der Waals surface area contributed by atoms with Gasteiger partial charge in [-0.2, -0.15) is 0 Å². The van der Waals surface area contributed by atoms with Crippen LogP contribution in [0.3, 0.4) is 0 Å². The smallest absolute Gasteiger partial charge is 0.0501 e. The summed E-state index contributed by atoms with van der Waals surface area (Å²) in [6.45, 7) is 0. The van der Waals surface area contributed by atoms with Crippen molar-refractivity contribution in [3.8, 4) is 0 Å². The van der Waals surface area contributed by atoms with E-state index in [1.54, 1.807) is 12.1 Å². The summed E-state index contributed by atoms with van der Waals surface area (Å²) in [6.07, 6.45) is 0.614. The monoisotopic (exact) mass is 392 g/mol. The standard InChI is InChI=1S/C14H12BrCl3N2/c15-10-3-9(5-12(17)7-10)14(20-19)6-8-4-11(16)1-2-13(8)18/h1-5,7,14,20H,6,19H2. The van der Waals surface area contributed by atoms with Gasteiger partial charge in [0.05, 0.1) is 6.04 Å². The predicted molar refractivity (Wildman–Crippen MR) is 89.4 cm³/mol. The van der Waals surface area contributed by atoms with Gasteiger partial charge in [0, 0.05) is 19.5 Å². The minimum atomic E-state index is -0.110. The van der Waals surface area contributed by atoms with Crippen LogP contribution in [0.4, 0.5) is 0 Å². The molecule has 2 aromatic carbocycles. The number of halogens is 4. The molecule has 0 aromatic heterocycles. The molecule has 1 unspecified atom stereocenters. The third-order valence-corrected chi connectivity index (χ3v) is 4.20. The van der Waals surface area contributed by atoms with Crippen LogP contribution in [0.5, 0.6) is 0 Å². The van der Waals surface area contributed by atoms with Gasteiger partial charge in [-0.1, -0.05) is 50.7 Å². The van der Waals surface area contributed by atoms with Gasteiger partial charge in [0.15, 0.2) is 0 Å². The average Bonchev–Trinajstić information content (AvgIpc) is 2.38. The fourth-order valence-corrected chi connectivity index (χ4v) is 3.24. The van der Waals surface area contributed by atoms with Gasteiger partial charge in [0.25, 0.3) is 0 Å². The molecule has 0 saturated heterocycles. The first kappa shape index (κ1) is 16.1. The first-order valence-electron chi connectivity index (χ1n) is 5.85. The summed E-state index contributed by atoms with van der Waals surface area (Å²) in [4.78, 5) is 0. The molecule has 0 aliphatic heterocycles. The molecular weight excluding hydrogens is 382 g/mol. The number of hydrogen-bond acceptors (Lipinski definition) is 2. The fourth-order valence-electron chi connectivity index (χ4n) is 1.97. The topological polar surface area (TPSA) is 38.0 Å². The predicted octanol–water partition coefficient (Wildman–Crippen LogP) is 5.16. The normalized spacial score (nSPS) is 12.4. The highest BCUT2D eigenvalue weighted by atomic mass is 79.9. The lowest BCUT2D eigenvalue weighted by Crippen LogP contribution is -2.29. The molecule has 2 rings (SSSR count). The van der Waals surface area contributed by atoms with E-state index in [-0.39, 0.29) is 6.04 Å². The minimum Gasteiger partial charge on any atom is -0.271 e. The van der Waals surface area contributed by atoms with E-state index in [1.807, 2.05) is 24.3 Å². The van der Waals surface area contributed by atoms with E-state index in [4.69, 9.17) is 40.6 Å². The number of hydrogen-bond donors (Lipinski definition) is 2. The first-order valence-corrected chi connectivity index (χ1v) is 7.78. The molecule has 106 valence electrons. The lowest BCUT2D eigenvalue weighted by molar-refractivity contribution is 0.552. The molecule has 20 heavy (non-hydrogen) atoms. The number of rotatable bonds is 4. The van der Waals surface area contributed by atoms with Gasteiger partial charge in [-0.05, 0) is 53.9 Å². The second-order valence-electron chi connectivity index (χ2n) is 4.36. The molecule has 2 aromatic rings. The molecule has 0 amide bonds. The van der Waals surface area contributed by atoms with Crippen LogP contribution >= 0.6 is 50.7 Å². The maximum atomic E-state index is 6.18. The van der Waals surface area contributed by atoms with E-state index in [1.165, 1.54) is 0 Å². The summed E-state index contributed by atoms with van der Waals surface area (Å²) >= 11 is 21.7. The van der Waals surface area contributed by atoms with Gasteiger partial charge < -0.3 is 0 Å². The quantitative estimate of drug-likeness (QED) is 0.555. The Morgan fingerprint density at radius 1 is 1.05 bits per heavy atom. The Morgan fingerprint density at radius 3 is 2.45 bits per heavy atom. The van der Waals surface area contributed by atoms with Crippen LogP contribution in [0.2, 0.25) is 15.1 Å². The second-order valence-corrected chi connectivity index (χ2v) is 6.56. The Bertz CT molecular complexity index is 599. The Hall–Kier alpha value is -0.290. The zero-order valence-electron chi connectivity index (χ0n) is 10.3. The lowest BCUT2D eigenvalue weighted by atomic mass is 9.99. The molecule has 0 bridgehead atoms. The molecule has 3 N–H and O–H groups in total. The highest BCUT2D eigenvalue weighted by Gasteiger charge is 2.14. The molecule has 0 saturated carbocycles. The first-order chi connectivity index (χ1) is 9.49. The van der Waals surface area contributed by atoms with E-state index in [0.717, 1.165) is 15.6 Å². The lowest BCUT2D eigenvalue weighted by Gasteiger charge is -2.18. The maximum absolute atomic E-state index is 6.18. The van der Waals surface area contributed by atoms with Crippen LogP contribution in [-0.4, -0.2) is 0 Å². The van der Waals surface area contributed by atoms with Gasteiger partial charge in [-0.15, -0.1) is 0 Å². The van der Waals surface area contributed by atoms with Crippen molar-refractivity contribution >= 4 is 50.7 Å². The van der Waals surface area contributed by atoms with Crippen LogP contribution in [-0.2, 0) is 6.42 Å². The minimum absolute atomic E-state index is 0.110. The maximum Gasteiger partial charge on any atom is 0.0501 e. The van der Waals surface area contributed by atoms with E-state index in [2.05, 4.69) is 21.4 Å². The molecule has 0 heterocycles. The van der Waals surface area contributed by atoms with Crippen LogP contribution in [0.15, 0.2) is 40.9 Å². The summed E-state index contributed by atoms with van der Waals surface area (Å²) < 4.78 is 0.900. The van der Waals surface area contributed by atoms with Gasteiger partial charge in [-0.25, -0.2) is 0 Å². The summed E-state index contributed by atoms with van der Waals surface area (Å²) in [6, 6.07) is 10.9. The molecular formula is C14H12BrCl3N2. The Labute approximate surface area is 141 Å². The highest BCUT2D eigenvalue weighted by molar-refractivity contribution is 9.10. The SMILES string of the molecule is NNC(Cc1cc(Cl)ccc1Cl)c1cc(Cl)cc(Br)c1. The van der Waals surface area contributed by atoms with Crippen LogP contribution < -0.4 is 11.3 Å². The summed E-state index contributed by atoms with van der Waals surface area (Å²) in [5.74, 6) is 5.66. The number of nitrogens with one attached hydrogen (secondary N) is 1. The van der Waals surface area contributed by atoms with Gasteiger partial charge >= 0.3 is 0 Å². The van der Waals surface area contributed by atoms with Crippen molar-refractivity contribution in [1.29, 1.82) is 0 Å². The summed E-state index contributed by atoms with van der Waals surface area (Å²) in [5.41, 5.74) is 4.69. The van der Waals surface area contributed by atoms with E-state index in [9.17, 15) is 0 Å². The summed E-state index contributed by atoms with van der Waals surface area (Å²) in [5, 5.41) is 1.95. The van der Waals surface area contributed by atoms with E-state index >= 15 is 0 Å². The van der Waals surface area contributed by atoms with Crippen molar-refractivity contribution in [2.45, 2.75) is 12.5 Å². The Kier molecular flexibility index (Phi) is 5.73. The van der Waals surface area contributed by atoms with Crippen molar-refractivity contribution in [3.63, 3.8) is 0 Å². The van der Waals surface area contributed by atoms with Crippen LogP contribution in [0, 0.1) is 0 Å². The zero-order chi connectivity index (χ0) is 14.7. The molecule has 1 atom stereocenters. The fraction of sp³-hybridized carbons (Fsp3) is 0.143. The molecule has 0 aliphatic carbocycles. The number of benzene rings is 2. The summed E-state index contributed by atoms with van der Waals surface area (Å²) in [7, 11) is 0. The number of nitrogens with two attached hydrogens (primary N) is 1. The number of hydrazine groups is 1. The van der Waals surface area contributed by atoms with Gasteiger partial charge in [0.2, 0.25) is 0 Å². The molecule has 6 heteroatoms. The highest BCUT2D eigenvalue weighted by Crippen LogP contribution is 2.29. The van der Waals surface area contributed by atoms with Crippen molar-refractivity contribution in [2.24, 2.45) is 5.84 Å². The average molecular weight is 395 g/mol. The molecule has 0 spiro atoms. The van der Waals surface area contributed by atoms with Crippen LogP contribution in [0.25, 0.3) is 0 Å². The van der Waals surface area contributed by atoms with Crippen molar-refractivity contribution in [2.75, 3.05) is 0 Å². The van der Waals surface area contributed by atoms with Crippen molar-refractivity contribution in [1.82, 2.24) is 5.43 Å². The van der Waals surface area contributed by atoms with Crippen molar-refractivity contribution < 1.29 is 0 Å². The Balaban J connectivity index is 2.30. The van der Waals surface area contributed by atoms with Crippen molar-refractivity contribution in [3.05, 3.63) is 67.1 Å². The Morgan fingerprint density at radius 2 is 1.80 bits per heavy atom. The van der Waals surface area contributed by atoms with E-state index in [0.29, 0.717) is 21.5 Å². The third kappa shape index (κ3) is 4.10. The molecule has 2 nitrogen and oxygen atoms in total. The molecule has 0 aliphatic rings. The molecule has 0 fully saturated rings. The largest absolute Gasteiger partial charge is 0.271 e.